The van der Waals surface area contributed by atoms with Crippen LogP contribution in [0.3, 0.4) is 0 Å². The number of pyridine rings is 1. The minimum atomic E-state index is -0.210. The van der Waals surface area contributed by atoms with Gasteiger partial charge in [0.05, 0.1) is 18.1 Å². The maximum absolute atomic E-state index is 11.5. The fourth-order valence-electron chi connectivity index (χ4n) is 1.18. The third-order valence-electron chi connectivity index (χ3n) is 1.81. The topological polar surface area (TPSA) is 98.7 Å². The molecule has 82 valence electrons. The van der Waals surface area contributed by atoms with Gasteiger partial charge < -0.3 is 11.1 Å². The molecule has 0 fully saturated rings. The highest BCUT2D eigenvalue weighted by Crippen LogP contribution is 2.02. The fraction of sp³-hybridized carbons (Fsp3) is 0.111. The molecule has 2 heterocycles. The summed E-state index contributed by atoms with van der Waals surface area (Å²) in [5, 5.41) is 9.91. The Morgan fingerprint density at radius 1 is 1.56 bits per heavy atom. The lowest BCUT2D eigenvalue weighted by Crippen LogP contribution is -2.19. The third kappa shape index (κ3) is 2.53. The molecule has 2 aromatic heterocycles. The van der Waals surface area contributed by atoms with Crippen LogP contribution in [-0.2, 0) is 11.3 Å². The Morgan fingerprint density at radius 2 is 2.44 bits per heavy atom. The molecule has 7 nitrogen and oxygen atoms in total. The standard InChI is InChI=1S/C9H10N6O/c10-8-5-15(14-13-8)6-9(16)12-7-2-1-3-11-4-7/h1-5H,6,10H2,(H,12,16). The molecule has 16 heavy (non-hydrogen) atoms. The highest BCUT2D eigenvalue weighted by molar-refractivity contribution is 5.90. The van der Waals surface area contributed by atoms with Crippen LogP contribution in [0.25, 0.3) is 0 Å². The van der Waals surface area contributed by atoms with Gasteiger partial charge in [0.1, 0.15) is 6.54 Å². The van der Waals surface area contributed by atoms with Crippen molar-refractivity contribution >= 4 is 17.4 Å². The van der Waals surface area contributed by atoms with Gasteiger partial charge in [0, 0.05) is 6.20 Å². The van der Waals surface area contributed by atoms with E-state index in [0.717, 1.165) is 0 Å². The van der Waals surface area contributed by atoms with Crippen molar-refractivity contribution in [1.29, 1.82) is 0 Å². The third-order valence-corrected chi connectivity index (χ3v) is 1.81. The maximum atomic E-state index is 11.5. The van der Waals surface area contributed by atoms with Crippen molar-refractivity contribution in [2.24, 2.45) is 0 Å². The zero-order valence-electron chi connectivity index (χ0n) is 8.37. The number of nitrogen functional groups attached to an aromatic ring is 1. The number of aromatic nitrogens is 4. The molecule has 0 unspecified atom stereocenters. The van der Waals surface area contributed by atoms with E-state index in [0.29, 0.717) is 5.69 Å². The highest BCUT2D eigenvalue weighted by Gasteiger charge is 2.04. The largest absolute Gasteiger partial charge is 0.381 e. The van der Waals surface area contributed by atoms with Crippen molar-refractivity contribution in [1.82, 2.24) is 20.0 Å². The second-order valence-corrected chi connectivity index (χ2v) is 3.13. The van der Waals surface area contributed by atoms with Crippen LogP contribution in [0.15, 0.2) is 30.7 Å². The normalized spacial score (nSPS) is 10.0. The number of anilines is 2. The first-order valence-corrected chi connectivity index (χ1v) is 4.59. The summed E-state index contributed by atoms with van der Waals surface area (Å²) in [6.45, 7) is 0.0685. The Morgan fingerprint density at radius 3 is 3.06 bits per heavy atom. The van der Waals surface area contributed by atoms with Gasteiger partial charge >= 0.3 is 0 Å². The van der Waals surface area contributed by atoms with E-state index in [2.05, 4.69) is 20.6 Å². The summed E-state index contributed by atoms with van der Waals surface area (Å²) >= 11 is 0. The van der Waals surface area contributed by atoms with Gasteiger partial charge in [-0.25, -0.2) is 4.68 Å². The molecule has 0 radical (unpaired) electrons. The quantitative estimate of drug-likeness (QED) is 0.749. The smallest absolute Gasteiger partial charge is 0.246 e. The van der Waals surface area contributed by atoms with Gasteiger partial charge in [-0.2, -0.15) is 0 Å². The van der Waals surface area contributed by atoms with Crippen molar-refractivity contribution in [3.8, 4) is 0 Å². The summed E-state index contributed by atoms with van der Waals surface area (Å²) < 4.78 is 1.36. The predicted octanol–water partition coefficient (Wildman–Crippen LogP) is -0.106. The van der Waals surface area contributed by atoms with E-state index in [-0.39, 0.29) is 18.3 Å². The van der Waals surface area contributed by atoms with Gasteiger partial charge in [-0.05, 0) is 12.1 Å². The first kappa shape index (κ1) is 10.1. The van der Waals surface area contributed by atoms with Crippen LogP contribution in [0.2, 0.25) is 0 Å². The van der Waals surface area contributed by atoms with E-state index in [1.54, 1.807) is 24.5 Å². The number of rotatable bonds is 3. The Hall–Kier alpha value is -2.44. The van der Waals surface area contributed by atoms with E-state index in [4.69, 9.17) is 5.73 Å². The van der Waals surface area contributed by atoms with Crippen LogP contribution in [-0.4, -0.2) is 25.9 Å². The lowest BCUT2D eigenvalue weighted by molar-refractivity contribution is -0.116. The average molecular weight is 218 g/mol. The molecule has 0 bridgehead atoms. The predicted molar refractivity (Wildman–Crippen MR) is 57.3 cm³/mol. The van der Waals surface area contributed by atoms with Crippen molar-refractivity contribution in [2.45, 2.75) is 6.54 Å². The molecule has 0 saturated heterocycles. The number of hydrogen-bond donors (Lipinski definition) is 2. The average Bonchev–Trinajstić information content (AvgIpc) is 2.65. The molecule has 7 heteroatoms. The van der Waals surface area contributed by atoms with Crippen molar-refractivity contribution in [3.05, 3.63) is 30.7 Å². The minimum absolute atomic E-state index is 0.0685. The molecule has 3 N–H and O–H groups in total. The monoisotopic (exact) mass is 218 g/mol. The first-order chi connectivity index (χ1) is 7.74. The van der Waals surface area contributed by atoms with Crippen LogP contribution in [0.1, 0.15) is 0 Å². The summed E-state index contributed by atoms with van der Waals surface area (Å²) in [6.07, 6.45) is 4.68. The van der Waals surface area contributed by atoms with Crippen molar-refractivity contribution < 1.29 is 4.79 Å². The number of amides is 1. The molecule has 2 rings (SSSR count). The Balaban J connectivity index is 1.95. The molecule has 0 saturated carbocycles. The number of carbonyl (C=O) groups is 1. The van der Waals surface area contributed by atoms with Gasteiger partial charge in [0.2, 0.25) is 5.91 Å². The maximum Gasteiger partial charge on any atom is 0.246 e. The summed E-state index contributed by atoms with van der Waals surface area (Å²) in [5.41, 5.74) is 6.01. The van der Waals surface area contributed by atoms with Gasteiger partial charge in [0.25, 0.3) is 0 Å². The van der Waals surface area contributed by atoms with E-state index < -0.39 is 0 Å². The molecular weight excluding hydrogens is 208 g/mol. The molecule has 0 aliphatic carbocycles. The molecule has 2 aromatic rings. The molecular formula is C9H10N6O. The number of nitrogens with zero attached hydrogens (tertiary/aromatic N) is 4. The lowest BCUT2D eigenvalue weighted by atomic mass is 10.4. The molecule has 0 aliphatic rings. The molecule has 1 amide bonds. The molecule has 0 aliphatic heterocycles. The summed E-state index contributed by atoms with van der Waals surface area (Å²) in [5.74, 6) is 0.0760. The zero-order chi connectivity index (χ0) is 11.4. The number of hydrogen-bond acceptors (Lipinski definition) is 5. The van der Waals surface area contributed by atoms with Gasteiger partial charge in [-0.3, -0.25) is 9.78 Å². The van der Waals surface area contributed by atoms with Gasteiger partial charge in [-0.1, -0.05) is 5.21 Å². The first-order valence-electron chi connectivity index (χ1n) is 4.59. The van der Waals surface area contributed by atoms with Crippen LogP contribution < -0.4 is 11.1 Å². The fourth-order valence-corrected chi connectivity index (χ4v) is 1.18. The minimum Gasteiger partial charge on any atom is -0.381 e. The summed E-state index contributed by atoms with van der Waals surface area (Å²) in [4.78, 5) is 15.4. The van der Waals surface area contributed by atoms with Gasteiger partial charge in [-0.15, -0.1) is 5.10 Å². The lowest BCUT2D eigenvalue weighted by Gasteiger charge is -2.03. The van der Waals surface area contributed by atoms with Crippen LogP contribution in [0.4, 0.5) is 11.5 Å². The molecule has 0 aromatic carbocycles. The van der Waals surface area contributed by atoms with Gasteiger partial charge in [0.15, 0.2) is 5.82 Å². The Kier molecular flexibility index (Phi) is 2.77. The summed E-state index contributed by atoms with van der Waals surface area (Å²) in [7, 11) is 0. The molecule has 0 spiro atoms. The van der Waals surface area contributed by atoms with Crippen LogP contribution in [0.5, 0.6) is 0 Å². The van der Waals surface area contributed by atoms with Crippen molar-refractivity contribution in [3.63, 3.8) is 0 Å². The van der Waals surface area contributed by atoms with E-state index in [1.807, 2.05) is 0 Å². The Labute approximate surface area is 91.3 Å². The number of carbonyl (C=O) groups excluding carboxylic acids is 1. The number of nitrogens with two attached hydrogens (primary N) is 1. The second-order valence-electron chi connectivity index (χ2n) is 3.13. The highest BCUT2D eigenvalue weighted by atomic mass is 16.2. The van der Waals surface area contributed by atoms with E-state index in [1.165, 1.54) is 10.9 Å². The summed E-state index contributed by atoms with van der Waals surface area (Å²) in [6, 6.07) is 3.49. The SMILES string of the molecule is Nc1cn(CC(=O)Nc2cccnc2)nn1. The second kappa shape index (κ2) is 4.39. The zero-order valence-corrected chi connectivity index (χ0v) is 8.37. The van der Waals surface area contributed by atoms with E-state index >= 15 is 0 Å². The Bertz CT molecular complexity index is 480. The van der Waals surface area contributed by atoms with Crippen LogP contribution in [0, 0.1) is 0 Å². The van der Waals surface area contributed by atoms with Crippen LogP contribution >= 0.6 is 0 Å². The number of nitrogens with one attached hydrogen (secondary N) is 1. The van der Waals surface area contributed by atoms with Crippen molar-refractivity contribution in [2.75, 3.05) is 11.1 Å². The molecule has 0 atom stereocenters. The van der Waals surface area contributed by atoms with E-state index in [9.17, 15) is 4.79 Å².